The Labute approximate surface area is 204 Å². The molecule has 0 spiro atoms. The van der Waals surface area contributed by atoms with Gasteiger partial charge in [-0.1, -0.05) is 87.2 Å². The smallest absolute Gasteiger partial charge is 0.335 e. The zero-order chi connectivity index (χ0) is 24.2. The first-order valence-corrected chi connectivity index (χ1v) is 12.5. The molecule has 1 N–H and O–H groups in total. The highest BCUT2D eigenvalue weighted by atomic mass is 16.4. The summed E-state index contributed by atoms with van der Waals surface area (Å²) in [6, 6.07) is 27.3. The number of carboxylic acid groups (broad SMARTS) is 1. The van der Waals surface area contributed by atoms with Gasteiger partial charge in [0.1, 0.15) is 0 Å². The molecule has 0 bridgehead atoms. The summed E-state index contributed by atoms with van der Waals surface area (Å²) in [7, 11) is 0. The van der Waals surface area contributed by atoms with Crippen LogP contribution in [0.25, 0.3) is 11.1 Å². The van der Waals surface area contributed by atoms with Crippen molar-refractivity contribution >= 4 is 5.97 Å². The van der Waals surface area contributed by atoms with Crippen molar-refractivity contribution in [3.63, 3.8) is 0 Å². The highest BCUT2D eigenvalue weighted by molar-refractivity contribution is 5.87. The van der Waals surface area contributed by atoms with Crippen LogP contribution in [0.5, 0.6) is 0 Å². The molecule has 4 rings (SSSR count). The van der Waals surface area contributed by atoms with Gasteiger partial charge in [-0.15, -0.1) is 0 Å². The summed E-state index contributed by atoms with van der Waals surface area (Å²) in [6.45, 7) is 2.26. The van der Waals surface area contributed by atoms with Crippen molar-refractivity contribution in [2.45, 2.75) is 64.2 Å². The minimum atomic E-state index is -0.837. The molecule has 0 heterocycles. The molecule has 176 valence electrons. The molecule has 0 atom stereocenters. The van der Waals surface area contributed by atoms with Gasteiger partial charge in [-0.3, -0.25) is 0 Å². The summed E-state index contributed by atoms with van der Waals surface area (Å²) in [4.78, 5) is 10.9. The molecule has 0 saturated heterocycles. The van der Waals surface area contributed by atoms with E-state index in [4.69, 9.17) is 10.4 Å². The van der Waals surface area contributed by atoms with Gasteiger partial charge in [-0.25, -0.2) is 4.79 Å². The van der Waals surface area contributed by atoms with Gasteiger partial charge in [-0.2, -0.15) is 5.26 Å². The minimum Gasteiger partial charge on any atom is -0.478 e. The van der Waals surface area contributed by atoms with Crippen molar-refractivity contribution in [3.8, 4) is 17.2 Å². The second-order valence-corrected chi connectivity index (χ2v) is 9.20. The van der Waals surface area contributed by atoms with E-state index < -0.39 is 5.97 Å². The largest absolute Gasteiger partial charge is 0.478 e. The van der Waals surface area contributed by atoms with Crippen molar-refractivity contribution in [1.82, 2.24) is 0 Å². The standard InChI is InChI=1S/C18H26O2.C13H9N/c1-2-3-4-5-14-6-8-15(9-7-14)16-10-12-17(13-11-16)18(19)20;14-10-11-6-8-13(9-7-11)12-4-2-1-3-5-12/h10-15H,2-9H2,1H3,(H,19,20);1-9H. The summed E-state index contributed by atoms with van der Waals surface area (Å²) in [6.07, 6.45) is 10.7. The van der Waals surface area contributed by atoms with Crippen LogP contribution in [0.4, 0.5) is 0 Å². The van der Waals surface area contributed by atoms with Crippen molar-refractivity contribution in [2.24, 2.45) is 5.92 Å². The number of nitrogens with zero attached hydrogens (tertiary/aromatic N) is 1. The van der Waals surface area contributed by atoms with E-state index in [0.717, 1.165) is 11.5 Å². The van der Waals surface area contributed by atoms with Gasteiger partial charge < -0.3 is 5.11 Å². The Balaban J connectivity index is 0.000000202. The second kappa shape index (κ2) is 13.4. The molecule has 3 heteroatoms. The zero-order valence-corrected chi connectivity index (χ0v) is 20.1. The molecule has 34 heavy (non-hydrogen) atoms. The van der Waals surface area contributed by atoms with E-state index in [1.807, 2.05) is 54.6 Å². The molecule has 1 aliphatic rings. The number of unbranched alkanes of at least 4 members (excludes halogenated alkanes) is 2. The number of carbonyl (C=O) groups is 1. The molecular formula is C31H35NO2. The number of aromatic carboxylic acids is 1. The van der Waals surface area contributed by atoms with Crippen molar-refractivity contribution in [2.75, 3.05) is 0 Å². The number of carboxylic acids is 1. The Morgan fingerprint density at radius 2 is 1.47 bits per heavy atom. The number of benzene rings is 3. The minimum absolute atomic E-state index is 0.391. The molecule has 1 saturated carbocycles. The summed E-state index contributed by atoms with van der Waals surface area (Å²) in [5, 5.41) is 17.6. The van der Waals surface area contributed by atoms with Crippen LogP contribution < -0.4 is 0 Å². The van der Waals surface area contributed by atoms with Crippen LogP contribution >= 0.6 is 0 Å². The lowest BCUT2D eigenvalue weighted by Gasteiger charge is -2.29. The topological polar surface area (TPSA) is 61.1 Å². The molecule has 3 aromatic rings. The average Bonchev–Trinajstić information content (AvgIpc) is 2.90. The number of hydrogen-bond acceptors (Lipinski definition) is 2. The average molecular weight is 454 g/mol. The van der Waals surface area contributed by atoms with E-state index in [9.17, 15) is 4.79 Å². The third-order valence-electron chi connectivity index (χ3n) is 6.81. The molecule has 1 fully saturated rings. The number of rotatable bonds is 7. The van der Waals surface area contributed by atoms with Gasteiger partial charge in [0.15, 0.2) is 0 Å². The van der Waals surface area contributed by atoms with Gasteiger partial charge in [0.2, 0.25) is 0 Å². The van der Waals surface area contributed by atoms with Gasteiger partial charge in [0, 0.05) is 0 Å². The van der Waals surface area contributed by atoms with Crippen molar-refractivity contribution in [1.29, 1.82) is 5.26 Å². The van der Waals surface area contributed by atoms with E-state index >= 15 is 0 Å². The Hall–Kier alpha value is -3.38. The van der Waals surface area contributed by atoms with E-state index in [-0.39, 0.29) is 0 Å². The number of hydrogen-bond donors (Lipinski definition) is 1. The predicted octanol–water partition coefficient (Wildman–Crippen LogP) is 8.46. The molecular weight excluding hydrogens is 418 g/mol. The Morgan fingerprint density at radius 1 is 0.853 bits per heavy atom. The zero-order valence-electron chi connectivity index (χ0n) is 20.1. The molecule has 3 nitrogen and oxygen atoms in total. The second-order valence-electron chi connectivity index (χ2n) is 9.20. The predicted molar refractivity (Wildman–Crippen MR) is 139 cm³/mol. The lowest BCUT2D eigenvalue weighted by Crippen LogP contribution is -2.13. The van der Waals surface area contributed by atoms with Gasteiger partial charge in [-0.05, 0) is 78.5 Å². The summed E-state index contributed by atoms with van der Waals surface area (Å²) in [5.74, 6) is 0.729. The maximum absolute atomic E-state index is 10.9. The summed E-state index contributed by atoms with van der Waals surface area (Å²) in [5.41, 5.74) is 4.73. The monoisotopic (exact) mass is 453 g/mol. The molecule has 0 unspecified atom stereocenters. The maximum Gasteiger partial charge on any atom is 0.335 e. The van der Waals surface area contributed by atoms with E-state index in [0.29, 0.717) is 17.0 Å². The Bertz CT molecular complexity index is 1040. The van der Waals surface area contributed by atoms with Crippen LogP contribution in [0.2, 0.25) is 0 Å². The van der Waals surface area contributed by atoms with E-state index in [1.165, 1.54) is 62.5 Å². The van der Waals surface area contributed by atoms with Gasteiger partial charge in [0.05, 0.1) is 17.2 Å². The van der Waals surface area contributed by atoms with Crippen LogP contribution in [-0.4, -0.2) is 11.1 Å². The fourth-order valence-corrected chi connectivity index (χ4v) is 4.73. The fourth-order valence-electron chi connectivity index (χ4n) is 4.73. The van der Waals surface area contributed by atoms with Gasteiger partial charge >= 0.3 is 5.97 Å². The van der Waals surface area contributed by atoms with Crippen molar-refractivity contribution in [3.05, 3.63) is 95.6 Å². The highest BCUT2D eigenvalue weighted by Crippen LogP contribution is 2.37. The first-order chi connectivity index (χ1) is 16.6. The fraction of sp³-hybridized carbons (Fsp3) is 0.355. The molecule has 1 aliphatic carbocycles. The normalized spacial score (nSPS) is 17.2. The van der Waals surface area contributed by atoms with Crippen LogP contribution in [0.1, 0.15) is 85.7 Å². The third-order valence-corrected chi connectivity index (χ3v) is 6.81. The highest BCUT2D eigenvalue weighted by Gasteiger charge is 2.22. The molecule has 0 amide bonds. The number of nitriles is 1. The molecule has 0 radical (unpaired) electrons. The first-order valence-electron chi connectivity index (χ1n) is 12.5. The van der Waals surface area contributed by atoms with Crippen LogP contribution in [-0.2, 0) is 0 Å². The molecule has 3 aromatic carbocycles. The van der Waals surface area contributed by atoms with E-state index in [1.54, 1.807) is 12.1 Å². The Kier molecular flexibility index (Phi) is 9.92. The molecule has 0 aromatic heterocycles. The van der Waals surface area contributed by atoms with Crippen LogP contribution in [0.3, 0.4) is 0 Å². The lowest BCUT2D eigenvalue weighted by molar-refractivity contribution is 0.0697. The van der Waals surface area contributed by atoms with Crippen molar-refractivity contribution < 1.29 is 9.90 Å². The summed E-state index contributed by atoms with van der Waals surface area (Å²) < 4.78 is 0. The van der Waals surface area contributed by atoms with Crippen LogP contribution in [0.15, 0.2) is 78.9 Å². The molecule has 0 aliphatic heterocycles. The Morgan fingerprint density at radius 3 is 2.03 bits per heavy atom. The maximum atomic E-state index is 10.9. The summed E-state index contributed by atoms with van der Waals surface area (Å²) >= 11 is 0. The van der Waals surface area contributed by atoms with E-state index in [2.05, 4.69) is 25.1 Å². The third kappa shape index (κ3) is 7.59. The quantitative estimate of drug-likeness (QED) is 0.365. The van der Waals surface area contributed by atoms with Crippen LogP contribution in [0, 0.1) is 17.2 Å². The van der Waals surface area contributed by atoms with Gasteiger partial charge in [0.25, 0.3) is 0 Å². The first kappa shape index (κ1) is 25.2. The SMILES string of the molecule is CCCCCC1CCC(c2ccc(C(=O)O)cc2)CC1.N#Cc1ccc(-c2ccccc2)cc1. The lowest BCUT2D eigenvalue weighted by atomic mass is 9.77.